The van der Waals surface area contributed by atoms with Crippen LogP contribution in [0.3, 0.4) is 0 Å². The van der Waals surface area contributed by atoms with Crippen molar-refractivity contribution in [3.05, 3.63) is 59.1 Å². The maximum absolute atomic E-state index is 12.5. The topological polar surface area (TPSA) is 79.8 Å². The number of thiazole rings is 1. The molecule has 4 rings (SSSR count). The van der Waals surface area contributed by atoms with E-state index in [0.717, 1.165) is 38.6 Å². The fourth-order valence-corrected chi connectivity index (χ4v) is 5.77. The van der Waals surface area contributed by atoms with E-state index in [1.165, 1.54) is 33.4 Å². The SMILES string of the molecule is CCNc1nnc(SC(C)C(=O)Nc2ccc(Cc3nc4ccccc4s3)cc2)s1. The number of nitrogens with zero attached hydrogens (tertiary/aromatic N) is 3. The molecule has 0 spiro atoms. The monoisotopic (exact) mass is 455 g/mol. The minimum absolute atomic E-state index is 0.0564. The molecule has 0 aliphatic rings. The van der Waals surface area contributed by atoms with Crippen LogP contribution in [-0.2, 0) is 11.2 Å². The van der Waals surface area contributed by atoms with Crippen molar-refractivity contribution in [1.82, 2.24) is 15.2 Å². The second-order valence-electron chi connectivity index (χ2n) is 6.60. The van der Waals surface area contributed by atoms with Crippen molar-refractivity contribution in [2.24, 2.45) is 0 Å². The van der Waals surface area contributed by atoms with Gasteiger partial charge in [0.15, 0.2) is 4.34 Å². The van der Waals surface area contributed by atoms with Crippen molar-refractivity contribution in [3.8, 4) is 0 Å². The first-order chi connectivity index (χ1) is 14.6. The molecule has 0 aliphatic heterocycles. The Bertz CT molecular complexity index is 1110. The van der Waals surface area contributed by atoms with Crippen LogP contribution in [0.2, 0.25) is 0 Å². The Morgan fingerprint density at radius 3 is 2.67 bits per heavy atom. The Morgan fingerprint density at radius 2 is 1.90 bits per heavy atom. The molecule has 0 bridgehead atoms. The molecule has 6 nitrogen and oxygen atoms in total. The number of hydrogen-bond donors (Lipinski definition) is 2. The number of benzene rings is 2. The minimum atomic E-state index is -0.269. The summed E-state index contributed by atoms with van der Waals surface area (Å²) in [5.41, 5.74) is 2.99. The first kappa shape index (κ1) is 20.8. The van der Waals surface area contributed by atoms with Gasteiger partial charge in [0.2, 0.25) is 11.0 Å². The van der Waals surface area contributed by atoms with Crippen LogP contribution in [0.1, 0.15) is 24.4 Å². The molecule has 30 heavy (non-hydrogen) atoms. The summed E-state index contributed by atoms with van der Waals surface area (Å²) in [7, 11) is 0. The molecular weight excluding hydrogens is 434 g/mol. The molecule has 2 N–H and O–H groups in total. The highest BCUT2D eigenvalue weighted by Crippen LogP contribution is 2.29. The van der Waals surface area contributed by atoms with Crippen LogP contribution in [0.15, 0.2) is 52.9 Å². The van der Waals surface area contributed by atoms with Gasteiger partial charge in [0.1, 0.15) is 0 Å². The second kappa shape index (κ2) is 9.55. The summed E-state index contributed by atoms with van der Waals surface area (Å²) in [4.78, 5) is 17.2. The van der Waals surface area contributed by atoms with Crippen LogP contribution in [0.4, 0.5) is 10.8 Å². The predicted octanol–water partition coefficient (Wildman–Crippen LogP) is 5.29. The van der Waals surface area contributed by atoms with Crippen LogP contribution in [0.25, 0.3) is 10.2 Å². The van der Waals surface area contributed by atoms with Gasteiger partial charge in [0.25, 0.3) is 0 Å². The molecule has 2 heterocycles. The number of amides is 1. The first-order valence-corrected chi connectivity index (χ1v) is 12.1. The number of anilines is 2. The number of thioether (sulfide) groups is 1. The summed E-state index contributed by atoms with van der Waals surface area (Å²) in [5.74, 6) is -0.0564. The van der Waals surface area contributed by atoms with Gasteiger partial charge < -0.3 is 10.6 Å². The van der Waals surface area contributed by atoms with Crippen molar-refractivity contribution < 1.29 is 4.79 Å². The Kier molecular flexibility index (Phi) is 6.61. The van der Waals surface area contributed by atoms with E-state index < -0.39 is 0 Å². The summed E-state index contributed by atoms with van der Waals surface area (Å²) < 4.78 is 1.98. The molecule has 1 atom stereocenters. The van der Waals surface area contributed by atoms with Gasteiger partial charge in [-0.3, -0.25) is 4.79 Å². The summed E-state index contributed by atoms with van der Waals surface area (Å²) in [6.45, 7) is 4.68. The van der Waals surface area contributed by atoms with Crippen LogP contribution in [-0.4, -0.2) is 32.9 Å². The molecule has 0 saturated carbocycles. The van der Waals surface area contributed by atoms with Crippen LogP contribution in [0, 0.1) is 0 Å². The van der Waals surface area contributed by atoms with E-state index in [1.54, 1.807) is 11.3 Å². The Labute approximate surface area is 187 Å². The highest BCUT2D eigenvalue weighted by Gasteiger charge is 2.17. The highest BCUT2D eigenvalue weighted by molar-refractivity contribution is 8.02. The van der Waals surface area contributed by atoms with Gasteiger partial charge in [-0.1, -0.05) is 47.4 Å². The second-order valence-corrected chi connectivity index (χ2v) is 10.3. The van der Waals surface area contributed by atoms with Crippen LogP contribution >= 0.6 is 34.4 Å². The van der Waals surface area contributed by atoms with Gasteiger partial charge in [-0.2, -0.15) is 0 Å². The van der Waals surface area contributed by atoms with Gasteiger partial charge >= 0.3 is 0 Å². The number of carbonyl (C=O) groups is 1. The highest BCUT2D eigenvalue weighted by atomic mass is 32.2. The third-order valence-corrected chi connectivity index (χ3v) is 7.40. The molecule has 2 aromatic carbocycles. The quantitative estimate of drug-likeness (QED) is 0.352. The first-order valence-electron chi connectivity index (χ1n) is 9.59. The molecule has 4 aromatic rings. The lowest BCUT2D eigenvalue weighted by Crippen LogP contribution is -2.22. The van der Waals surface area contributed by atoms with Crippen molar-refractivity contribution in [3.63, 3.8) is 0 Å². The predicted molar refractivity (Wildman–Crippen MR) is 127 cm³/mol. The van der Waals surface area contributed by atoms with Crippen molar-refractivity contribution >= 4 is 61.4 Å². The molecule has 0 fully saturated rings. The number of nitrogens with one attached hydrogen (secondary N) is 2. The van der Waals surface area contributed by atoms with Gasteiger partial charge in [-0.15, -0.1) is 21.5 Å². The molecule has 2 aromatic heterocycles. The maximum Gasteiger partial charge on any atom is 0.237 e. The molecule has 154 valence electrons. The normalized spacial score (nSPS) is 12.1. The lowest BCUT2D eigenvalue weighted by molar-refractivity contribution is -0.115. The minimum Gasteiger partial charge on any atom is -0.360 e. The molecule has 0 aliphatic carbocycles. The number of para-hydroxylation sites is 1. The molecule has 1 amide bonds. The fraction of sp³-hybridized carbons (Fsp3) is 0.238. The van der Waals surface area contributed by atoms with E-state index in [1.807, 2.05) is 56.3 Å². The average Bonchev–Trinajstić information content (AvgIpc) is 3.35. The van der Waals surface area contributed by atoms with E-state index in [0.29, 0.717) is 0 Å². The average molecular weight is 456 g/mol. The van der Waals surface area contributed by atoms with Crippen LogP contribution < -0.4 is 10.6 Å². The zero-order valence-corrected chi connectivity index (χ0v) is 19.0. The zero-order valence-electron chi connectivity index (χ0n) is 16.6. The summed E-state index contributed by atoms with van der Waals surface area (Å²) >= 11 is 4.59. The van der Waals surface area contributed by atoms with Crippen molar-refractivity contribution in [1.29, 1.82) is 0 Å². The van der Waals surface area contributed by atoms with Crippen molar-refractivity contribution in [2.45, 2.75) is 29.9 Å². The van der Waals surface area contributed by atoms with E-state index in [9.17, 15) is 4.79 Å². The van der Waals surface area contributed by atoms with Gasteiger partial charge in [-0.25, -0.2) is 4.98 Å². The molecule has 0 saturated heterocycles. The van der Waals surface area contributed by atoms with Crippen LogP contribution in [0.5, 0.6) is 0 Å². The van der Waals surface area contributed by atoms with Gasteiger partial charge in [0, 0.05) is 18.7 Å². The number of carbonyl (C=O) groups excluding carboxylic acids is 1. The lowest BCUT2D eigenvalue weighted by Gasteiger charge is -2.10. The molecule has 9 heteroatoms. The third kappa shape index (κ3) is 5.16. The maximum atomic E-state index is 12.5. The molecule has 1 unspecified atom stereocenters. The summed E-state index contributed by atoms with van der Waals surface area (Å²) in [6.07, 6.45) is 0.783. The molecular formula is C21H21N5OS3. The van der Waals surface area contributed by atoms with E-state index in [-0.39, 0.29) is 11.2 Å². The Morgan fingerprint density at radius 1 is 1.10 bits per heavy atom. The largest absolute Gasteiger partial charge is 0.360 e. The smallest absolute Gasteiger partial charge is 0.237 e. The fourth-order valence-electron chi connectivity index (χ4n) is 2.80. The Hall–Kier alpha value is -2.49. The number of fused-ring (bicyclic) bond motifs is 1. The summed E-state index contributed by atoms with van der Waals surface area (Å²) in [5, 5.41) is 15.9. The zero-order chi connectivity index (χ0) is 20.9. The van der Waals surface area contributed by atoms with Gasteiger partial charge in [0.05, 0.1) is 20.5 Å². The number of aromatic nitrogens is 3. The number of hydrogen-bond acceptors (Lipinski definition) is 8. The Balaban J connectivity index is 1.33. The van der Waals surface area contributed by atoms with E-state index in [2.05, 4.69) is 31.9 Å². The molecule has 0 radical (unpaired) electrons. The number of rotatable bonds is 8. The lowest BCUT2D eigenvalue weighted by atomic mass is 10.1. The van der Waals surface area contributed by atoms with Gasteiger partial charge in [-0.05, 0) is 43.7 Å². The standard InChI is InChI=1S/C21H21N5OS3/c1-3-22-20-25-26-21(30-20)28-13(2)19(27)23-15-10-8-14(9-11-15)12-18-24-16-6-4-5-7-17(16)29-18/h4-11,13H,3,12H2,1-2H3,(H,22,25)(H,23,27). The van der Waals surface area contributed by atoms with E-state index >= 15 is 0 Å². The van der Waals surface area contributed by atoms with Crippen molar-refractivity contribution in [2.75, 3.05) is 17.2 Å². The summed E-state index contributed by atoms with van der Waals surface area (Å²) in [6, 6.07) is 16.1. The van der Waals surface area contributed by atoms with E-state index in [4.69, 9.17) is 0 Å². The third-order valence-electron chi connectivity index (χ3n) is 4.30.